The summed E-state index contributed by atoms with van der Waals surface area (Å²) in [6.07, 6.45) is 1.74. The van der Waals surface area contributed by atoms with E-state index in [4.69, 9.17) is 4.74 Å². The van der Waals surface area contributed by atoms with E-state index in [1.54, 1.807) is 6.08 Å². The molecule has 2 rings (SSSR count). The van der Waals surface area contributed by atoms with Gasteiger partial charge in [0, 0.05) is 29.1 Å². The highest BCUT2D eigenvalue weighted by molar-refractivity contribution is 7.09. The summed E-state index contributed by atoms with van der Waals surface area (Å²) in [5.74, 6) is 1.73. The minimum absolute atomic E-state index is 0.0264. The molecule has 0 saturated heterocycles. The molecule has 1 aromatic heterocycles. The summed E-state index contributed by atoms with van der Waals surface area (Å²) >= 11 is 1.39. The number of ether oxygens (including phenoxy) is 1. The van der Waals surface area contributed by atoms with E-state index >= 15 is 0 Å². The van der Waals surface area contributed by atoms with Gasteiger partial charge in [0.15, 0.2) is 0 Å². The van der Waals surface area contributed by atoms with Gasteiger partial charge in [-0.3, -0.25) is 0 Å². The van der Waals surface area contributed by atoms with E-state index in [1.165, 1.54) is 11.5 Å². The molecule has 0 aliphatic heterocycles. The van der Waals surface area contributed by atoms with Gasteiger partial charge in [-0.05, 0) is 6.07 Å². The van der Waals surface area contributed by atoms with E-state index in [9.17, 15) is 0 Å². The van der Waals surface area contributed by atoms with Crippen molar-refractivity contribution in [2.24, 2.45) is 0 Å². The molecular weight excluding hydrogens is 282 g/mol. The number of nitrogens with zero attached hydrogens (tertiary/aromatic N) is 2. The number of rotatable bonds is 6. The Morgan fingerprint density at radius 2 is 2.10 bits per heavy atom. The largest absolute Gasteiger partial charge is 0.489 e. The Labute approximate surface area is 130 Å². The molecule has 4 nitrogen and oxygen atoms in total. The molecule has 21 heavy (non-hydrogen) atoms. The van der Waals surface area contributed by atoms with Crippen LogP contribution in [0.3, 0.4) is 0 Å². The summed E-state index contributed by atoms with van der Waals surface area (Å²) in [6.45, 7) is 11.2. The van der Waals surface area contributed by atoms with E-state index < -0.39 is 0 Å². The van der Waals surface area contributed by atoms with Gasteiger partial charge in [0.1, 0.15) is 18.2 Å². The summed E-state index contributed by atoms with van der Waals surface area (Å²) in [5, 5.41) is 4.14. The van der Waals surface area contributed by atoms with Crippen LogP contribution >= 0.6 is 11.5 Å². The van der Waals surface area contributed by atoms with Gasteiger partial charge in [-0.25, -0.2) is 4.98 Å². The number of para-hydroxylation sites is 1. The molecule has 0 aliphatic rings. The fourth-order valence-corrected chi connectivity index (χ4v) is 2.46. The van der Waals surface area contributed by atoms with Crippen LogP contribution in [0.1, 0.15) is 32.2 Å². The zero-order valence-corrected chi connectivity index (χ0v) is 13.5. The maximum atomic E-state index is 5.64. The predicted molar refractivity (Wildman–Crippen MR) is 88.1 cm³/mol. The third kappa shape index (κ3) is 4.29. The van der Waals surface area contributed by atoms with E-state index in [-0.39, 0.29) is 5.41 Å². The van der Waals surface area contributed by atoms with Gasteiger partial charge in [0.25, 0.3) is 0 Å². The number of anilines is 1. The molecule has 0 fully saturated rings. The van der Waals surface area contributed by atoms with Crippen molar-refractivity contribution in [1.29, 1.82) is 0 Å². The van der Waals surface area contributed by atoms with Crippen molar-refractivity contribution in [1.82, 2.24) is 9.36 Å². The lowest BCUT2D eigenvalue weighted by Crippen LogP contribution is -2.13. The summed E-state index contributed by atoms with van der Waals surface area (Å²) in [5.41, 5.74) is 1.06. The van der Waals surface area contributed by atoms with Gasteiger partial charge < -0.3 is 10.1 Å². The first-order chi connectivity index (χ1) is 10.0. The molecule has 0 atom stereocenters. The quantitative estimate of drug-likeness (QED) is 0.819. The van der Waals surface area contributed by atoms with Crippen LogP contribution in [0.5, 0.6) is 5.75 Å². The fraction of sp³-hybridized carbons (Fsp3) is 0.375. The van der Waals surface area contributed by atoms with Gasteiger partial charge in [-0.2, -0.15) is 4.37 Å². The Hall–Kier alpha value is -1.88. The fourth-order valence-electron chi connectivity index (χ4n) is 1.71. The summed E-state index contributed by atoms with van der Waals surface area (Å²) in [7, 11) is 0. The van der Waals surface area contributed by atoms with E-state index in [2.05, 4.69) is 42.0 Å². The van der Waals surface area contributed by atoms with Crippen molar-refractivity contribution >= 4 is 16.7 Å². The van der Waals surface area contributed by atoms with Crippen molar-refractivity contribution in [3.05, 3.63) is 48.3 Å². The van der Waals surface area contributed by atoms with E-state index in [1.807, 2.05) is 24.3 Å². The van der Waals surface area contributed by atoms with E-state index in [0.717, 1.165) is 22.3 Å². The molecule has 0 spiro atoms. The first kappa shape index (κ1) is 15.5. The van der Waals surface area contributed by atoms with Crippen molar-refractivity contribution < 1.29 is 4.74 Å². The smallest absolute Gasteiger partial charge is 0.202 e. The van der Waals surface area contributed by atoms with Crippen molar-refractivity contribution in [2.45, 2.75) is 32.7 Å². The number of hydrogen-bond donors (Lipinski definition) is 1. The van der Waals surface area contributed by atoms with Crippen molar-refractivity contribution in [3.8, 4) is 5.75 Å². The number of aromatic nitrogens is 2. The Balaban J connectivity index is 2.03. The van der Waals surface area contributed by atoms with Crippen LogP contribution in [-0.4, -0.2) is 16.0 Å². The lowest BCUT2D eigenvalue weighted by Gasteiger charge is -2.12. The zero-order valence-electron chi connectivity index (χ0n) is 12.7. The van der Waals surface area contributed by atoms with Crippen molar-refractivity contribution in [2.75, 3.05) is 11.9 Å². The lowest BCUT2D eigenvalue weighted by molar-refractivity contribution is 0.359. The molecule has 5 heteroatoms. The topological polar surface area (TPSA) is 47.0 Å². The Kier molecular flexibility index (Phi) is 4.96. The Morgan fingerprint density at radius 1 is 1.33 bits per heavy atom. The molecular formula is C16H21N3OS. The summed E-state index contributed by atoms with van der Waals surface area (Å²) in [4.78, 5) is 4.53. The van der Waals surface area contributed by atoms with Gasteiger partial charge in [0.2, 0.25) is 5.13 Å². The standard InChI is InChI=1S/C16H21N3OS/c1-5-10-20-13-9-7-6-8-12(13)11-17-15-18-14(19-21-15)16(2,3)4/h5-9H,1,10-11H2,2-4H3,(H,17,18,19). The second-order valence-electron chi connectivity index (χ2n) is 5.73. The summed E-state index contributed by atoms with van der Waals surface area (Å²) in [6, 6.07) is 7.96. The highest BCUT2D eigenvalue weighted by atomic mass is 32.1. The SMILES string of the molecule is C=CCOc1ccccc1CNc1nc(C(C)(C)C)ns1. The van der Waals surface area contributed by atoms with E-state index in [0.29, 0.717) is 13.2 Å². The minimum Gasteiger partial charge on any atom is -0.489 e. The van der Waals surface area contributed by atoms with Crippen LogP contribution in [0.15, 0.2) is 36.9 Å². The van der Waals surface area contributed by atoms with Crippen LogP contribution in [0.25, 0.3) is 0 Å². The number of benzene rings is 1. The number of nitrogens with one attached hydrogen (secondary N) is 1. The Bertz CT molecular complexity index is 602. The van der Waals surface area contributed by atoms with Crippen LogP contribution in [0.4, 0.5) is 5.13 Å². The first-order valence-electron chi connectivity index (χ1n) is 6.90. The molecule has 0 radical (unpaired) electrons. The van der Waals surface area contributed by atoms with Gasteiger partial charge in [-0.1, -0.05) is 51.6 Å². The van der Waals surface area contributed by atoms with Crippen LogP contribution in [0, 0.1) is 0 Å². The van der Waals surface area contributed by atoms with Gasteiger partial charge >= 0.3 is 0 Å². The maximum absolute atomic E-state index is 5.64. The van der Waals surface area contributed by atoms with Crippen LogP contribution in [-0.2, 0) is 12.0 Å². The molecule has 1 heterocycles. The second-order valence-corrected chi connectivity index (χ2v) is 6.49. The molecule has 112 valence electrons. The molecule has 0 aliphatic carbocycles. The summed E-state index contributed by atoms with van der Waals surface area (Å²) < 4.78 is 10.0. The van der Waals surface area contributed by atoms with Crippen molar-refractivity contribution in [3.63, 3.8) is 0 Å². The zero-order chi connectivity index (χ0) is 15.3. The highest BCUT2D eigenvalue weighted by Crippen LogP contribution is 2.24. The average molecular weight is 303 g/mol. The molecule has 1 aromatic carbocycles. The third-order valence-corrected chi connectivity index (χ3v) is 3.53. The number of hydrogen-bond acceptors (Lipinski definition) is 5. The average Bonchev–Trinajstić information content (AvgIpc) is 2.92. The molecule has 1 N–H and O–H groups in total. The maximum Gasteiger partial charge on any atom is 0.202 e. The highest BCUT2D eigenvalue weighted by Gasteiger charge is 2.19. The minimum atomic E-state index is -0.0264. The van der Waals surface area contributed by atoms with Gasteiger partial charge in [-0.15, -0.1) is 0 Å². The van der Waals surface area contributed by atoms with Crippen LogP contribution in [0.2, 0.25) is 0 Å². The normalized spacial score (nSPS) is 11.2. The second kappa shape index (κ2) is 6.72. The first-order valence-corrected chi connectivity index (χ1v) is 7.67. The lowest BCUT2D eigenvalue weighted by atomic mass is 9.96. The third-order valence-electron chi connectivity index (χ3n) is 2.86. The molecule has 0 unspecified atom stereocenters. The predicted octanol–water partition coefficient (Wildman–Crippen LogP) is 4.01. The molecule has 2 aromatic rings. The molecule has 0 saturated carbocycles. The Morgan fingerprint density at radius 3 is 2.76 bits per heavy atom. The monoisotopic (exact) mass is 303 g/mol. The molecule has 0 amide bonds. The molecule has 0 bridgehead atoms. The van der Waals surface area contributed by atoms with Crippen LogP contribution < -0.4 is 10.1 Å². The van der Waals surface area contributed by atoms with Gasteiger partial charge in [0.05, 0.1) is 0 Å².